The summed E-state index contributed by atoms with van der Waals surface area (Å²) in [5, 5.41) is 20.5. The Morgan fingerprint density at radius 2 is 2.39 bits per heavy atom. The van der Waals surface area contributed by atoms with Crippen LogP contribution in [-0.4, -0.2) is 60.9 Å². The first-order valence-corrected chi connectivity index (χ1v) is 7.80. The minimum absolute atomic E-state index is 0.0107. The molecular formula is C13H13N7O2S. The largest absolute Gasteiger partial charge is 0.471 e. The van der Waals surface area contributed by atoms with Gasteiger partial charge in [-0.05, 0) is 16.5 Å². The van der Waals surface area contributed by atoms with Gasteiger partial charge in [-0.25, -0.2) is 9.67 Å². The quantitative estimate of drug-likeness (QED) is 0.696. The van der Waals surface area contributed by atoms with Gasteiger partial charge >= 0.3 is 0 Å². The van der Waals surface area contributed by atoms with Crippen molar-refractivity contribution in [3.63, 3.8) is 0 Å². The zero-order valence-corrected chi connectivity index (χ0v) is 13.1. The predicted octanol–water partition coefficient (Wildman–Crippen LogP) is -0.141. The first kappa shape index (κ1) is 15.2. The first-order chi connectivity index (χ1) is 11.2. The molecule has 1 aliphatic rings. The molecule has 1 aliphatic heterocycles. The lowest BCUT2D eigenvalue weighted by Crippen LogP contribution is -2.56. The van der Waals surface area contributed by atoms with E-state index in [1.807, 2.05) is 6.07 Å². The van der Waals surface area contributed by atoms with Gasteiger partial charge in [-0.2, -0.15) is 5.26 Å². The summed E-state index contributed by atoms with van der Waals surface area (Å²) in [6.45, 7) is 1.02. The monoisotopic (exact) mass is 331 g/mol. The van der Waals surface area contributed by atoms with Crippen LogP contribution in [0.3, 0.4) is 0 Å². The van der Waals surface area contributed by atoms with Crippen molar-refractivity contribution in [1.29, 1.82) is 5.26 Å². The lowest BCUT2D eigenvalue weighted by Gasteiger charge is -2.38. The van der Waals surface area contributed by atoms with Crippen LogP contribution in [0, 0.1) is 11.3 Å². The number of tetrazole rings is 1. The molecule has 0 radical (unpaired) electrons. The Morgan fingerprint density at radius 3 is 3.09 bits per heavy atom. The zero-order chi connectivity index (χ0) is 16.2. The molecular weight excluding hydrogens is 318 g/mol. The molecule has 3 rings (SSSR count). The fraction of sp³-hybridized carbons (Fsp3) is 0.385. The number of nitrogens with zero attached hydrogens (tertiary/aromatic N) is 7. The van der Waals surface area contributed by atoms with Gasteiger partial charge in [-0.3, -0.25) is 4.79 Å². The normalized spacial score (nSPS) is 14.2. The molecule has 0 spiro atoms. The van der Waals surface area contributed by atoms with Gasteiger partial charge in [-0.1, -0.05) is 11.8 Å². The number of ether oxygens (including phenoxy) is 1. The molecule has 23 heavy (non-hydrogen) atoms. The number of nitriles is 1. The maximum Gasteiger partial charge on any atom is 0.233 e. The Morgan fingerprint density at radius 1 is 1.57 bits per heavy atom. The van der Waals surface area contributed by atoms with E-state index in [-0.39, 0.29) is 17.8 Å². The highest BCUT2D eigenvalue weighted by Gasteiger charge is 2.32. The molecule has 2 aromatic heterocycles. The van der Waals surface area contributed by atoms with Crippen molar-refractivity contribution in [3.05, 3.63) is 23.9 Å². The third-order valence-electron chi connectivity index (χ3n) is 3.26. The van der Waals surface area contributed by atoms with Crippen LogP contribution in [0.4, 0.5) is 0 Å². The molecule has 0 aromatic carbocycles. The van der Waals surface area contributed by atoms with E-state index < -0.39 is 0 Å². The number of hydrogen-bond donors (Lipinski definition) is 0. The second kappa shape index (κ2) is 6.62. The molecule has 1 saturated heterocycles. The number of rotatable bonds is 5. The van der Waals surface area contributed by atoms with Gasteiger partial charge in [0.15, 0.2) is 0 Å². The van der Waals surface area contributed by atoms with Crippen LogP contribution in [-0.2, 0) is 11.8 Å². The molecule has 0 saturated carbocycles. The molecule has 10 heteroatoms. The van der Waals surface area contributed by atoms with Crippen molar-refractivity contribution in [2.24, 2.45) is 7.05 Å². The van der Waals surface area contributed by atoms with Gasteiger partial charge in [-0.15, -0.1) is 5.10 Å². The predicted molar refractivity (Wildman–Crippen MR) is 79.5 cm³/mol. The molecule has 2 aromatic rings. The van der Waals surface area contributed by atoms with Crippen LogP contribution in [0.1, 0.15) is 5.56 Å². The zero-order valence-electron chi connectivity index (χ0n) is 12.3. The maximum atomic E-state index is 12.0. The SMILES string of the molecule is Cn1nnnc1SCC(=O)N1CC(Oc2cc(C#N)ccn2)C1. The summed E-state index contributed by atoms with van der Waals surface area (Å²) < 4.78 is 7.16. The summed E-state index contributed by atoms with van der Waals surface area (Å²) >= 11 is 1.30. The van der Waals surface area contributed by atoms with Gasteiger partial charge in [0.25, 0.3) is 0 Å². The fourth-order valence-electron chi connectivity index (χ4n) is 1.99. The molecule has 0 bridgehead atoms. The second-order valence-electron chi connectivity index (χ2n) is 4.91. The highest BCUT2D eigenvalue weighted by Crippen LogP contribution is 2.19. The average Bonchev–Trinajstić information content (AvgIpc) is 2.93. The van der Waals surface area contributed by atoms with Crippen molar-refractivity contribution >= 4 is 17.7 Å². The van der Waals surface area contributed by atoms with E-state index in [4.69, 9.17) is 10.00 Å². The van der Waals surface area contributed by atoms with Gasteiger partial charge < -0.3 is 9.64 Å². The van der Waals surface area contributed by atoms with E-state index in [1.54, 1.807) is 24.1 Å². The van der Waals surface area contributed by atoms with Gasteiger partial charge in [0.2, 0.25) is 16.9 Å². The van der Waals surface area contributed by atoms with E-state index in [2.05, 4.69) is 20.5 Å². The molecule has 9 nitrogen and oxygen atoms in total. The number of carbonyl (C=O) groups is 1. The topological polar surface area (TPSA) is 110 Å². The van der Waals surface area contributed by atoms with Gasteiger partial charge in [0.1, 0.15) is 6.10 Å². The Hall–Kier alpha value is -2.67. The van der Waals surface area contributed by atoms with Crippen molar-refractivity contribution in [3.8, 4) is 11.9 Å². The number of likely N-dealkylation sites (tertiary alicyclic amines) is 1. The average molecular weight is 331 g/mol. The summed E-state index contributed by atoms with van der Waals surface area (Å²) in [4.78, 5) is 17.8. The van der Waals surface area contributed by atoms with E-state index in [0.29, 0.717) is 29.7 Å². The third kappa shape index (κ3) is 3.57. The standard InChI is InChI=1S/C13H13N7O2S/c1-19-13(16-17-18-19)23-8-12(21)20-6-10(7-20)22-11-4-9(5-14)2-3-15-11/h2-4,10H,6-8H2,1H3. The first-order valence-electron chi connectivity index (χ1n) is 6.81. The highest BCUT2D eigenvalue weighted by atomic mass is 32.2. The summed E-state index contributed by atoms with van der Waals surface area (Å²) in [5.74, 6) is 0.695. The molecule has 1 fully saturated rings. The smallest absolute Gasteiger partial charge is 0.233 e. The minimum atomic E-state index is -0.0955. The molecule has 118 valence electrons. The second-order valence-corrected chi connectivity index (χ2v) is 5.85. The summed E-state index contributed by atoms with van der Waals surface area (Å²) in [7, 11) is 1.72. The van der Waals surface area contributed by atoms with E-state index in [1.165, 1.54) is 22.6 Å². The van der Waals surface area contributed by atoms with E-state index in [9.17, 15) is 4.79 Å². The molecule has 3 heterocycles. The molecule has 1 amide bonds. The number of pyridine rings is 1. The lowest BCUT2D eigenvalue weighted by atomic mass is 10.1. The van der Waals surface area contributed by atoms with Gasteiger partial charge in [0.05, 0.1) is 30.5 Å². The van der Waals surface area contributed by atoms with Crippen LogP contribution in [0.25, 0.3) is 0 Å². The van der Waals surface area contributed by atoms with Crippen LogP contribution in [0.2, 0.25) is 0 Å². The van der Waals surface area contributed by atoms with Crippen LogP contribution >= 0.6 is 11.8 Å². The number of aromatic nitrogens is 5. The number of amides is 1. The minimum Gasteiger partial charge on any atom is -0.471 e. The van der Waals surface area contributed by atoms with E-state index in [0.717, 1.165) is 0 Å². The Kier molecular flexibility index (Phi) is 4.38. The summed E-state index contributed by atoms with van der Waals surface area (Å²) in [5.41, 5.74) is 0.496. The molecule has 0 aliphatic carbocycles. The molecule has 0 N–H and O–H groups in total. The third-order valence-corrected chi connectivity index (χ3v) is 4.25. The summed E-state index contributed by atoms with van der Waals surface area (Å²) in [6.07, 6.45) is 1.43. The number of thioether (sulfide) groups is 1. The number of aryl methyl sites for hydroxylation is 1. The van der Waals surface area contributed by atoms with E-state index >= 15 is 0 Å². The fourth-order valence-corrected chi connectivity index (χ4v) is 2.74. The van der Waals surface area contributed by atoms with Crippen LogP contribution in [0.5, 0.6) is 5.88 Å². The van der Waals surface area contributed by atoms with Crippen LogP contribution < -0.4 is 4.74 Å². The molecule has 0 atom stereocenters. The summed E-state index contributed by atoms with van der Waals surface area (Å²) in [6, 6.07) is 5.23. The molecule has 0 unspecified atom stereocenters. The number of carbonyl (C=O) groups excluding carboxylic acids is 1. The van der Waals surface area contributed by atoms with Crippen molar-refractivity contribution in [2.45, 2.75) is 11.3 Å². The number of hydrogen-bond acceptors (Lipinski definition) is 8. The van der Waals surface area contributed by atoms with Crippen molar-refractivity contribution in [2.75, 3.05) is 18.8 Å². The van der Waals surface area contributed by atoms with Gasteiger partial charge in [0, 0.05) is 19.3 Å². The Bertz CT molecular complexity index is 751. The Balaban J connectivity index is 1.44. The van der Waals surface area contributed by atoms with Crippen LogP contribution in [0.15, 0.2) is 23.5 Å². The Labute approximate surface area is 136 Å². The highest BCUT2D eigenvalue weighted by molar-refractivity contribution is 7.99. The van der Waals surface area contributed by atoms with Crippen molar-refractivity contribution < 1.29 is 9.53 Å². The van der Waals surface area contributed by atoms with Crippen molar-refractivity contribution in [1.82, 2.24) is 30.1 Å². The lowest BCUT2D eigenvalue weighted by molar-refractivity contribution is -0.137. The maximum absolute atomic E-state index is 12.0.